The fourth-order valence-electron chi connectivity index (χ4n) is 3.45. The van der Waals surface area contributed by atoms with Gasteiger partial charge in [0.15, 0.2) is 5.76 Å². The van der Waals surface area contributed by atoms with Gasteiger partial charge >= 0.3 is 5.91 Å². The molecular weight excluding hydrogens is 443 g/mol. The molecule has 0 saturated carbocycles. The number of carbonyl (C=O) groups is 2. The van der Waals surface area contributed by atoms with Crippen molar-refractivity contribution in [2.45, 2.75) is 33.6 Å². The van der Waals surface area contributed by atoms with E-state index in [0.29, 0.717) is 40.5 Å². The van der Waals surface area contributed by atoms with Crippen LogP contribution in [0.3, 0.4) is 0 Å². The SMILES string of the molecule is Cc1c(C(=O)NNC(=O)c2ccc(Cl)cc2Cl)oc2c1/C(=N\N=C(N)N)CC(C)(C)C2. The molecule has 0 saturated heterocycles. The monoisotopic (exact) mass is 464 g/mol. The summed E-state index contributed by atoms with van der Waals surface area (Å²) < 4.78 is 5.85. The summed E-state index contributed by atoms with van der Waals surface area (Å²) in [4.78, 5) is 25.0. The molecule has 1 aromatic carbocycles. The number of carbonyl (C=O) groups excluding carboxylic acids is 2. The van der Waals surface area contributed by atoms with Gasteiger partial charge in [0.2, 0.25) is 5.96 Å². The number of nitrogens with zero attached hydrogens (tertiary/aromatic N) is 2. The van der Waals surface area contributed by atoms with Gasteiger partial charge in [-0.05, 0) is 37.0 Å². The van der Waals surface area contributed by atoms with Crippen LogP contribution >= 0.6 is 23.2 Å². The van der Waals surface area contributed by atoms with Crippen LogP contribution < -0.4 is 22.3 Å². The molecule has 6 N–H and O–H groups in total. The van der Waals surface area contributed by atoms with Crippen molar-refractivity contribution in [3.05, 3.63) is 56.5 Å². The second-order valence-electron chi connectivity index (χ2n) is 7.98. The third-order valence-electron chi connectivity index (χ3n) is 4.75. The lowest BCUT2D eigenvalue weighted by molar-refractivity contribution is 0.0828. The summed E-state index contributed by atoms with van der Waals surface area (Å²) in [6, 6.07) is 4.41. The normalized spacial score (nSPS) is 15.8. The number of benzene rings is 1. The summed E-state index contributed by atoms with van der Waals surface area (Å²) in [6.45, 7) is 5.84. The quantitative estimate of drug-likeness (QED) is 0.313. The molecule has 0 radical (unpaired) electrons. The number of guanidine groups is 1. The predicted octanol–water partition coefficient (Wildman–Crippen LogP) is 2.92. The van der Waals surface area contributed by atoms with Crippen molar-refractivity contribution in [3.8, 4) is 0 Å². The van der Waals surface area contributed by atoms with Gasteiger partial charge in [-0.2, -0.15) is 5.10 Å². The van der Waals surface area contributed by atoms with Gasteiger partial charge in [-0.25, -0.2) is 0 Å². The van der Waals surface area contributed by atoms with E-state index in [4.69, 9.17) is 39.1 Å². The third kappa shape index (κ3) is 5.00. The summed E-state index contributed by atoms with van der Waals surface area (Å²) in [5.74, 6) is -0.720. The molecule has 1 heterocycles. The summed E-state index contributed by atoms with van der Waals surface area (Å²) in [6.07, 6.45) is 1.20. The number of hydrogen-bond donors (Lipinski definition) is 4. The third-order valence-corrected chi connectivity index (χ3v) is 5.30. The summed E-state index contributed by atoms with van der Waals surface area (Å²) in [5, 5.41) is 8.46. The van der Waals surface area contributed by atoms with Crippen LogP contribution in [-0.4, -0.2) is 23.5 Å². The van der Waals surface area contributed by atoms with Gasteiger partial charge in [0.1, 0.15) is 5.76 Å². The first-order chi connectivity index (χ1) is 14.5. The first kappa shape index (κ1) is 22.6. The van der Waals surface area contributed by atoms with E-state index in [1.165, 1.54) is 18.2 Å². The molecular formula is C20H22Cl2N6O3. The Morgan fingerprint density at radius 1 is 1.13 bits per heavy atom. The molecule has 3 rings (SSSR count). The van der Waals surface area contributed by atoms with Crippen LogP contribution in [0.15, 0.2) is 32.8 Å². The molecule has 0 bridgehead atoms. The molecule has 2 aromatic rings. The Labute approximate surface area is 188 Å². The van der Waals surface area contributed by atoms with E-state index < -0.39 is 11.8 Å². The number of rotatable bonds is 3. The van der Waals surface area contributed by atoms with Crippen LogP contribution in [0.25, 0.3) is 0 Å². The first-order valence-electron chi connectivity index (χ1n) is 9.32. The van der Waals surface area contributed by atoms with Crippen molar-refractivity contribution in [1.29, 1.82) is 0 Å². The molecule has 0 spiro atoms. The number of amides is 2. The van der Waals surface area contributed by atoms with Crippen LogP contribution in [0.4, 0.5) is 0 Å². The lowest BCUT2D eigenvalue weighted by Crippen LogP contribution is -2.41. The van der Waals surface area contributed by atoms with Crippen molar-refractivity contribution in [2.24, 2.45) is 27.1 Å². The van der Waals surface area contributed by atoms with Gasteiger partial charge in [0, 0.05) is 22.6 Å². The molecule has 1 aliphatic carbocycles. The Bertz CT molecular complexity index is 1120. The molecule has 31 heavy (non-hydrogen) atoms. The number of hydrogen-bond acceptors (Lipinski definition) is 5. The predicted molar refractivity (Wildman–Crippen MR) is 119 cm³/mol. The average molecular weight is 465 g/mol. The van der Waals surface area contributed by atoms with Crippen LogP contribution in [0.5, 0.6) is 0 Å². The Kier molecular flexibility index (Phi) is 6.28. The number of fused-ring (bicyclic) bond motifs is 1. The summed E-state index contributed by atoms with van der Waals surface area (Å²) in [5.41, 5.74) is 17.4. The van der Waals surface area contributed by atoms with E-state index in [9.17, 15) is 9.59 Å². The summed E-state index contributed by atoms with van der Waals surface area (Å²) in [7, 11) is 0. The zero-order chi connectivity index (χ0) is 22.9. The van der Waals surface area contributed by atoms with E-state index in [1.807, 2.05) is 0 Å². The molecule has 0 fully saturated rings. The number of nitrogens with one attached hydrogen (secondary N) is 2. The molecule has 11 heteroatoms. The van der Waals surface area contributed by atoms with Gasteiger partial charge in [-0.1, -0.05) is 37.0 Å². The topological polar surface area (TPSA) is 148 Å². The maximum atomic E-state index is 12.7. The average Bonchev–Trinajstić information content (AvgIpc) is 2.99. The highest BCUT2D eigenvalue weighted by molar-refractivity contribution is 6.36. The van der Waals surface area contributed by atoms with Crippen molar-refractivity contribution < 1.29 is 14.0 Å². The Hall–Kier alpha value is -3.04. The molecule has 2 amide bonds. The largest absolute Gasteiger partial charge is 0.455 e. The standard InChI is InChI=1S/C20H22Cl2N6O3/c1-9-15-13(25-28-19(23)24)7-20(2,3)8-14(15)31-16(9)18(30)27-26-17(29)11-5-4-10(21)6-12(11)22/h4-6H,7-8H2,1-3H3,(H,26,29)(H,27,30)(H4,23,24,28)/b25-13-. The highest BCUT2D eigenvalue weighted by atomic mass is 35.5. The van der Waals surface area contributed by atoms with Crippen LogP contribution in [-0.2, 0) is 6.42 Å². The van der Waals surface area contributed by atoms with E-state index in [-0.39, 0.29) is 27.7 Å². The van der Waals surface area contributed by atoms with Crippen molar-refractivity contribution in [1.82, 2.24) is 10.9 Å². The van der Waals surface area contributed by atoms with Gasteiger partial charge in [-0.3, -0.25) is 20.4 Å². The van der Waals surface area contributed by atoms with Gasteiger partial charge in [0.25, 0.3) is 5.91 Å². The second-order valence-corrected chi connectivity index (χ2v) is 8.82. The molecule has 9 nitrogen and oxygen atoms in total. The van der Waals surface area contributed by atoms with E-state index >= 15 is 0 Å². The number of nitrogens with two attached hydrogens (primary N) is 2. The molecule has 0 unspecified atom stereocenters. The Morgan fingerprint density at radius 3 is 2.45 bits per heavy atom. The minimum Gasteiger partial charge on any atom is -0.455 e. The van der Waals surface area contributed by atoms with E-state index in [2.05, 4.69) is 34.9 Å². The fraction of sp³-hybridized carbons (Fsp3) is 0.300. The van der Waals surface area contributed by atoms with Crippen molar-refractivity contribution in [3.63, 3.8) is 0 Å². The lowest BCUT2D eigenvalue weighted by atomic mass is 9.75. The van der Waals surface area contributed by atoms with Gasteiger partial charge in [-0.15, -0.1) is 5.10 Å². The van der Waals surface area contributed by atoms with Crippen molar-refractivity contribution in [2.75, 3.05) is 0 Å². The van der Waals surface area contributed by atoms with Gasteiger partial charge < -0.3 is 15.9 Å². The van der Waals surface area contributed by atoms with Crippen LogP contribution in [0.1, 0.15) is 58.1 Å². The molecule has 164 valence electrons. The lowest BCUT2D eigenvalue weighted by Gasteiger charge is -2.29. The zero-order valence-electron chi connectivity index (χ0n) is 17.2. The minimum absolute atomic E-state index is 0.0580. The smallest absolute Gasteiger partial charge is 0.305 e. The first-order valence-corrected chi connectivity index (χ1v) is 10.1. The molecule has 0 atom stereocenters. The molecule has 1 aromatic heterocycles. The maximum Gasteiger partial charge on any atom is 0.305 e. The Balaban J connectivity index is 1.84. The second kappa shape index (κ2) is 8.60. The minimum atomic E-state index is -0.621. The maximum absolute atomic E-state index is 12.7. The Morgan fingerprint density at radius 2 is 1.81 bits per heavy atom. The number of halogens is 2. The molecule has 1 aliphatic rings. The zero-order valence-corrected chi connectivity index (χ0v) is 18.7. The van der Waals surface area contributed by atoms with Crippen LogP contribution in [0, 0.1) is 12.3 Å². The number of hydrazine groups is 1. The van der Waals surface area contributed by atoms with Crippen LogP contribution in [0.2, 0.25) is 10.0 Å². The fourth-order valence-corrected chi connectivity index (χ4v) is 3.94. The van der Waals surface area contributed by atoms with E-state index in [1.54, 1.807) is 6.92 Å². The van der Waals surface area contributed by atoms with E-state index in [0.717, 1.165) is 0 Å². The number of furan rings is 1. The summed E-state index contributed by atoms with van der Waals surface area (Å²) >= 11 is 11.9. The van der Waals surface area contributed by atoms with Gasteiger partial charge in [0.05, 0.1) is 16.3 Å². The highest BCUT2D eigenvalue weighted by Crippen LogP contribution is 2.39. The van der Waals surface area contributed by atoms with Crippen molar-refractivity contribution >= 4 is 46.7 Å². The highest BCUT2D eigenvalue weighted by Gasteiger charge is 2.36. The molecule has 0 aliphatic heterocycles.